The first-order valence-electron chi connectivity index (χ1n) is 28.3. The molecule has 0 rings (SSSR count). The van der Waals surface area contributed by atoms with Gasteiger partial charge in [0.1, 0.15) is 0 Å². The van der Waals surface area contributed by atoms with E-state index in [-0.39, 0.29) is 5.41 Å². The maximum atomic E-state index is 10.2. The molecule has 0 aromatic rings. The highest BCUT2D eigenvalue weighted by atomic mass is 16.3. The van der Waals surface area contributed by atoms with Crippen LogP contribution in [0, 0.1) is 5.41 Å². The summed E-state index contributed by atoms with van der Waals surface area (Å²) in [6.07, 6.45) is 75.1. The molecule has 0 spiro atoms. The van der Waals surface area contributed by atoms with Crippen LogP contribution in [0.4, 0.5) is 0 Å². The van der Waals surface area contributed by atoms with Gasteiger partial charge >= 0.3 is 0 Å². The molecule has 0 saturated carbocycles. The van der Waals surface area contributed by atoms with Crippen LogP contribution < -0.4 is 0 Å². The topological polar surface area (TPSA) is 20.2 Å². The minimum atomic E-state index is 0.166. The molecule has 0 aromatic carbocycles. The second-order valence-electron chi connectivity index (χ2n) is 20.4. The van der Waals surface area contributed by atoms with E-state index in [2.05, 4.69) is 20.8 Å². The van der Waals surface area contributed by atoms with E-state index < -0.39 is 0 Å². The molecule has 350 valence electrons. The third-order valence-electron chi connectivity index (χ3n) is 14.1. The Kier molecular flexibility index (Phi) is 51.3. The van der Waals surface area contributed by atoms with Crippen molar-refractivity contribution in [3.63, 3.8) is 0 Å². The van der Waals surface area contributed by atoms with Gasteiger partial charge in [0, 0.05) is 6.61 Å². The number of aliphatic hydroxyl groups excluding tert-OH is 1. The standard InChI is InChI=1S/C57H116O/c1-4-6-8-10-12-14-16-18-20-22-24-26-28-30-31-33-35-37-39-41-43-45-47-49-51-53-55-57(3,56-58)54-52-50-48-46-44-42-40-38-36-34-32-29-27-25-23-21-19-17-15-13-11-9-7-5-2/h58H,4-56H2,1-3H3. The Morgan fingerprint density at radius 1 is 0.207 bits per heavy atom. The van der Waals surface area contributed by atoms with Crippen molar-refractivity contribution in [3.8, 4) is 0 Å². The smallest absolute Gasteiger partial charge is 0.0484 e. The highest BCUT2D eigenvalue weighted by Gasteiger charge is 2.22. The molecule has 1 N–H and O–H groups in total. The average molecular weight is 818 g/mol. The quantitative estimate of drug-likeness (QED) is 0.0606. The molecular formula is C57H116O. The van der Waals surface area contributed by atoms with Crippen molar-refractivity contribution in [2.45, 2.75) is 355 Å². The lowest BCUT2D eigenvalue weighted by Crippen LogP contribution is -2.21. The average Bonchev–Trinajstić information content (AvgIpc) is 3.23. The van der Waals surface area contributed by atoms with Gasteiger partial charge in [-0.2, -0.15) is 0 Å². The summed E-state index contributed by atoms with van der Waals surface area (Å²) in [5.74, 6) is 0. The third-order valence-corrected chi connectivity index (χ3v) is 14.1. The largest absolute Gasteiger partial charge is 0.396 e. The molecule has 0 bridgehead atoms. The molecule has 0 saturated heterocycles. The molecule has 0 heterocycles. The number of unbranched alkanes of at least 4 members (excludes halogenated alkanes) is 48. The van der Waals surface area contributed by atoms with Crippen LogP contribution in [-0.4, -0.2) is 11.7 Å². The van der Waals surface area contributed by atoms with Gasteiger partial charge in [-0.15, -0.1) is 0 Å². The van der Waals surface area contributed by atoms with Crippen molar-refractivity contribution in [1.82, 2.24) is 0 Å². The van der Waals surface area contributed by atoms with Crippen LogP contribution in [0.1, 0.15) is 355 Å². The van der Waals surface area contributed by atoms with Crippen molar-refractivity contribution < 1.29 is 5.11 Å². The van der Waals surface area contributed by atoms with Crippen molar-refractivity contribution in [2.75, 3.05) is 6.61 Å². The maximum Gasteiger partial charge on any atom is 0.0484 e. The van der Waals surface area contributed by atoms with Crippen LogP contribution in [0.15, 0.2) is 0 Å². The fourth-order valence-electron chi connectivity index (χ4n) is 9.66. The molecule has 1 heteroatoms. The van der Waals surface area contributed by atoms with Gasteiger partial charge in [0.2, 0.25) is 0 Å². The summed E-state index contributed by atoms with van der Waals surface area (Å²) in [4.78, 5) is 0. The number of hydrogen-bond acceptors (Lipinski definition) is 1. The van der Waals surface area contributed by atoms with E-state index in [0.717, 1.165) is 0 Å². The van der Waals surface area contributed by atoms with Gasteiger partial charge in [-0.3, -0.25) is 0 Å². The summed E-state index contributed by atoms with van der Waals surface area (Å²) in [5, 5.41) is 10.2. The summed E-state index contributed by atoms with van der Waals surface area (Å²) < 4.78 is 0. The van der Waals surface area contributed by atoms with E-state index in [1.807, 2.05) is 0 Å². The predicted octanol–water partition coefficient (Wildman–Crippen LogP) is 21.3. The predicted molar refractivity (Wildman–Crippen MR) is 267 cm³/mol. The fourth-order valence-corrected chi connectivity index (χ4v) is 9.66. The molecule has 0 aromatic heterocycles. The molecule has 1 atom stereocenters. The van der Waals surface area contributed by atoms with E-state index in [0.29, 0.717) is 6.61 Å². The molecule has 0 aliphatic rings. The van der Waals surface area contributed by atoms with Gasteiger partial charge < -0.3 is 5.11 Å². The molecule has 0 radical (unpaired) electrons. The first-order chi connectivity index (χ1) is 28.7. The minimum absolute atomic E-state index is 0.166. The summed E-state index contributed by atoms with van der Waals surface area (Å²) in [6, 6.07) is 0. The molecule has 1 nitrogen and oxygen atoms in total. The highest BCUT2D eigenvalue weighted by Crippen LogP contribution is 2.31. The summed E-state index contributed by atoms with van der Waals surface area (Å²) in [7, 11) is 0. The third kappa shape index (κ3) is 48.6. The van der Waals surface area contributed by atoms with Crippen molar-refractivity contribution in [3.05, 3.63) is 0 Å². The summed E-state index contributed by atoms with van der Waals surface area (Å²) in [6.45, 7) is 7.35. The van der Waals surface area contributed by atoms with E-state index in [4.69, 9.17) is 0 Å². The van der Waals surface area contributed by atoms with E-state index in [1.165, 1.54) is 334 Å². The zero-order valence-electron chi connectivity index (χ0n) is 41.4. The molecule has 0 aliphatic carbocycles. The van der Waals surface area contributed by atoms with E-state index in [9.17, 15) is 5.11 Å². The Labute approximate surface area is 370 Å². The van der Waals surface area contributed by atoms with Gasteiger partial charge in [0.15, 0.2) is 0 Å². The summed E-state index contributed by atoms with van der Waals surface area (Å²) >= 11 is 0. The first kappa shape index (κ1) is 58.0. The van der Waals surface area contributed by atoms with Gasteiger partial charge in [-0.25, -0.2) is 0 Å². The molecule has 58 heavy (non-hydrogen) atoms. The van der Waals surface area contributed by atoms with Crippen LogP contribution in [-0.2, 0) is 0 Å². The Morgan fingerprint density at radius 2 is 0.328 bits per heavy atom. The fraction of sp³-hybridized carbons (Fsp3) is 1.00. The Balaban J connectivity index is 3.31. The van der Waals surface area contributed by atoms with Crippen molar-refractivity contribution in [1.29, 1.82) is 0 Å². The van der Waals surface area contributed by atoms with Gasteiger partial charge in [0.25, 0.3) is 0 Å². The molecule has 0 amide bonds. The Bertz CT molecular complexity index is 701. The number of rotatable bonds is 53. The minimum Gasteiger partial charge on any atom is -0.396 e. The Hall–Kier alpha value is -0.0400. The molecule has 0 aliphatic heterocycles. The molecule has 1 unspecified atom stereocenters. The van der Waals surface area contributed by atoms with Crippen LogP contribution in [0.3, 0.4) is 0 Å². The lowest BCUT2D eigenvalue weighted by atomic mass is 9.80. The maximum absolute atomic E-state index is 10.2. The normalized spacial score (nSPS) is 12.8. The van der Waals surface area contributed by atoms with Gasteiger partial charge in [-0.1, -0.05) is 342 Å². The van der Waals surface area contributed by atoms with E-state index in [1.54, 1.807) is 0 Å². The zero-order valence-corrected chi connectivity index (χ0v) is 41.4. The van der Waals surface area contributed by atoms with Crippen LogP contribution in [0.2, 0.25) is 0 Å². The second kappa shape index (κ2) is 51.3. The van der Waals surface area contributed by atoms with Crippen molar-refractivity contribution >= 4 is 0 Å². The molecule has 0 fully saturated rings. The lowest BCUT2D eigenvalue weighted by Gasteiger charge is -2.27. The van der Waals surface area contributed by atoms with E-state index >= 15 is 0 Å². The van der Waals surface area contributed by atoms with Crippen LogP contribution in [0.25, 0.3) is 0 Å². The van der Waals surface area contributed by atoms with Crippen LogP contribution in [0.5, 0.6) is 0 Å². The SMILES string of the molecule is CCCCCCCCCCCCCCCCCCCCCCCCCCCCC(C)(CO)CCCCCCCCCCCCCCCCCCCCCCCCCC. The van der Waals surface area contributed by atoms with Gasteiger partial charge in [-0.05, 0) is 18.3 Å². The first-order valence-corrected chi connectivity index (χ1v) is 28.3. The number of aliphatic hydroxyl groups is 1. The monoisotopic (exact) mass is 817 g/mol. The van der Waals surface area contributed by atoms with Crippen LogP contribution >= 0.6 is 0 Å². The highest BCUT2D eigenvalue weighted by molar-refractivity contribution is 4.73. The summed E-state index contributed by atoms with van der Waals surface area (Å²) in [5.41, 5.74) is 0.166. The lowest BCUT2D eigenvalue weighted by molar-refractivity contribution is 0.116. The van der Waals surface area contributed by atoms with Crippen molar-refractivity contribution in [2.24, 2.45) is 5.41 Å². The van der Waals surface area contributed by atoms with Gasteiger partial charge in [0.05, 0.1) is 0 Å². The Morgan fingerprint density at radius 3 is 0.448 bits per heavy atom. The molecular weight excluding hydrogens is 701 g/mol. The second-order valence-corrected chi connectivity index (χ2v) is 20.4. The zero-order chi connectivity index (χ0) is 42.0. The number of hydrogen-bond donors (Lipinski definition) is 1.